The van der Waals surface area contributed by atoms with Crippen LogP contribution in [0.4, 0.5) is 10.2 Å². The molecule has 0 radical (unpaired) electrons. The monoisotopic (exact) mass is 518 g/mol. The zero-order valence-corrected chi connectivity index (χ0v) is 22.0. The second-order valence-electron chi connectivity index (χ2n) is 9.54. The van der Waals surface area contributed by atoms with Crippen molar-refractivity contribution in [2.75, 3.05) is 25.5 Å². The average Bonchev–Trinajstić information content (AvgIpc) is 3.36. The van der Waals surface area contributed by atoms with Crippen molar-refractivity contribution < 1.29 is 13.9 Å². The number of methoxy groups -OCH3 is 1. The number of nitrogens with zero attached hydrogens (tertiary/aromatic N) is 7. The first kappa shape index (κ1) is 25.5. The van der Waals surface area contributed by atoms with Gasteiger partial charge in [-0.1, -0.05) is 13.0 Å². The number of hydrogen-bond donors (Lipinski definition) is 1. The molecule has 2 atom stereocenters. The Morgan fingerprint density at radius 3 is 2.92 bits per heavy atom. The van der Waals surface area contributed by atoms with E-state index in [1.165, 1.54) is 7.11 Å². The van der Waals surface area contributed by atoms with Gasteiger partial charge < -0.3 is 15.0 Å². The van der Waals surface area contributed by atoms with Gasteiger partial charge in [0, 0.05) is 30.9 Å². The normalized spacial score (nSPS) is 15.6. The van der Waals surface area contributed by atoms with Crippen LogP contribution in [0.15, 0.2) is 36.7 Å². The van der Waals surface area contributed by atoms with Gasteiger partial charge in [-0.3, -0.25) is 4.79 Å². The molecule has 0 unspecified atom stereocenters. The van der Waals surface area contributed by atoms with Gasteiger partial charge in [-0.2, -0.15) is 4.98 Å². The number of rotatable bonds is 8. The van der Waals surface area contributed by atoms with Crippen molar-refractivity contribution in [3.8, 4) is 17.4 Å². The molecule has 0 fully saturated rings. The average molecular weight is 519 g/mol. The summed E-state index contributed by atoms with van der Waals surface area (Å²) in [5.41, 5.74) is 3.66. The Kier molecular flexibility index (Phi) is 7.17. The molecule has 0 aromatic carbocycles. The van der Waals surface area contributed by atoms with E-state index >= 15 is 0 Å². The SMILES string of the molecule is CCCN(C[C@H]1CCc2cc(-c3nc4ccccn4n3)c(C)nc2N1)C(=O)[C@@H](C)c1nc(OC)ncc1F. The lowest BCUT2D eigenvalue weighted by Gasteiger charge is -2.33. The third kappa shape index (κ3) is 5.00. The van der Waals surface area contributed by atoms with Crippen LogP contribution in [0.3, 0.4) is 0 Å². The van der Waals surface area contributed by atoms with Gasteiger partial charge in [-0.05, 0) is 56.9 Å². The maximum absolute atomic E-state index is 14.5. The fourth-order valence-electron chi connectivity index (χ4n) is 4.85. The number of amides is 1. The number of carbonyl (C=O) groups is 1. The van der Waals surface area contributed by atoms with E-state index < -0.39 is 11.7 Å². The number of aromatic nitrogens is 6. The van der Waals surface area contributed by atoms with E-state index in [9.17, 15) is 9.18 Å². The van der Waals surface area contributed by atoms with Crippen LogP contribution in [0.1, 0.15) is 49.6 Å². The zero-order valence-electron chi connectivity index (χ0n) is 22.0. The molecule has 5 rings (SSSR count). The van der Waals surface area contributed by atoms with Crippen LogP contribution >= 0.6 is 0 Å². The minimum Gasteiger partial charge on any atom is -0.467 e. The fourth-order valence-corrected chi connectivity index (χ4v) is 4.85. The summed E-state index contributed by atoms with van der Waals surface area (Å²) < 4.78 is 21.2. The number of ether oxygens (including phenoxy) is 1. The molecule has 4 aromatic rings. The minimum atomic E-state index is -0.768. The van der Waals surface area contributed by atoms with E-state index in [4.69, 9.17) is 9.72 Å². The molecule has 38 heavy (non-hydrogen) atoms. The largest absolute Gasteiger partial charge is 0.467 e. The summed E-state index contributed by atoms with van der Waals surface area (Å²) in [6.45, 7) is 6.67. The van der Waals surface area contributed by atoms with Gasteiger partial charge in [0.15, 0.2) is 17.3 Å². The van der Waals surface area contributed by atoms with Crippen molar-refractivity contribution in [2.45, 2.75) is 52.0 Å². The smallest absolute Gasteiger partial charge is 0.316 e. The predicted molar refractivity (Wildman–Crippen MR) is 141 cm³/mol. The highest BCUT2D eigenvalue weighted by molar-refractivity contribution is 5.83. The highest BCUT2D eigenvalue weighted by atomic mass is 19.1. The molecular weight excluding hydrogens is 487 g/mol. The number of aryl methyl sites for hydroxylation is 2. The Balaban J connectivity index is 1.33. The fraction of sp³-hybridized carbons (Fsp3) is 0.407. The van der Waals surface area contributed by atoms with E-state index in [0.717, 1.165) is 53.7 Å². The summed E-state index contributed by atoms with van der Waals surface area (Å²) in [4.78, 5) is 32.6. The highest BCUT2D eigenvalue weighted by Gasteiger charge is 2.29. The molecule has 0 bridgehead atoms. The molecule has 11 heteroatoms. The quantitative estimate of drug-likeness (QED) is 0.375. The number of anilines is 1. The Hall–Kier alpha value is -4.15. The van der Waals surface area contributed by atoms with Crippen molar-refractivity contribution in [1.82, 2.24) is 34.4 Å². The highest BCUT2D eigenvalue weighted by Crippen LogP contribution is 2.30. The second kappa shape index (κ2) is 10.7. The molecular formula is C27H31FN8O2. The Morgan fingerprint density at radius 2 is 2.16 bits per heavy atom. The van der Waals surface area contributed by atoms with Gasteiger partial charge in [-0.25, -0.2) is 23.9 Å². The Labute approximate surface area is 220 Å². The lowest BCUT2D eigenvalue weighted by molar-refractivity contribution is -0.132. The van der Waals surface area contributed by atoms with Crippen molar-refractivity contribution in [2.24, 2.45) is 0 Å². The molecule has 10 nitrogen and oxygen atoms in total. The van der Waals surface area contributed by atoms with E-state index in [1.807, 2.05) is 38.2 Å². The molecule has 1 aliphatic rings. The van der Waals surface area contributed by atoms with Crippen LogP contribution in [-0.4, -0.2) is 66.6 Å². The topological polar surface area (TPSA) is 110 Å². The van der Waals surface area contributed by atoms with E-state index in [0.29, 0.717) is 18.9 Å². The molecule has 0 saturated heterocycles. The number of nitrogens with one attached hydrogen (secondary N) is 1. The lowest BCUT2D eigenvalue weighted by Crippen LogP contribution is -2.44. The number of fused-ring (bicyclic) bond motifs is 2. The molecule has 5 heterocycles. The third-order valence-electron chi connectivity index (χ3n) is 6.84. The van der Waals surface area contributed by atoms with Crippen LogP contribution in [0, 0.1) is 12.7 Å². The Bertz CT molecular complexity index is 1440. The molecule has 1 aliphatic heterocycles. The second-order valence-corrected chi connectivity index (χ2v) is 9.54. The van der Waals surface area contributed by atoms with Crippen LogP contribution in [0.25, 0.3) is 17.0 Å². The lowest BCUT2D eigenvalue weighted by atomic mass is 9.97. The van der Waals surface area contributed by atoms with Gasteiger partial charge in [-0.15, -0.1) is 5.10 Å². The number of hydrogen-bond acceptors (Lipinski definition) is 8. The van der Waals surface area contributed by atoms with Crippen LogP contribution in [0.2, 0.25) is 0 Å². The van der Waals surface area contributed by atoms with E-state index in [2.05, 4.69) is 31.4 Å². The number of halogens is 1. The predicted octanol–water partition coefficient (Wildman–Crippen LogP) is 3.81. The van der Waals surface area contributed by atoms with Crippen molar-refractivity contribution in [1.29, 1.82) is 0 Å². The molecule has 4 aromatic heterocycles. The standard InChI is InChI=1S/C27H31FN8O2/c1-5-11-35(26(37)16(2)23-21(28)14-29-27(33-23)38-4)15-19-10-9-18-13-20(17(3)30-24(18)31-19)25-32-22-8-6-7-12-36(22)34-25/h6-8,12-14,16,19H,5,9-11,15H2,1-4H3,(H,30,31)/t16-,19+/m0/s1. The van der Waals surface area contributed by atoms with Gasteiger partial charge in [0.25, 0.3) is 0 Å². The molecule has 0 saturated carbocycles. The summed E-state index contributed by atoms with van der Waals surface area (Å²) in [6, 6.07) is 7.93. The van der Waals surface area contributed by atoms with Crippen molar-refractivity contribution >= 4 is 17.4 Å². The zero-order chi connectivity index (χ0) is 26.8. The van der Waals surface area contributed by atoms with E-state index in [1.54, 1.807) is 16.3 Å². The first-order valence-corrected chi connectivity index (χ1v) is 12.8. The maximum Gasteiger partial charge on any atom is 0.316 e. The first-order chi connectivity index (χ1) is 18.4. The Morgan fingerprint density at radius 1 is 1.32 bits per heavy atom. The summed E-state index contributed by atoms with van der Waals surface area (Å²) >= 11 is 0. The van der Waals surface area contributed by atoms with Gasteiger partial charge in [0.05, 0.1) is 30.6 Å². The maximum atomic E-state index is 14.5. The summed E-state index contributed by atoms with van der Waals surface area (Å²) in [5.74, 6) is -0.113. The molecule has 1 N–H and O–H groups in total. The van der Waals surface area contributed by atoms with Crippen LogP contribution < -0.4 is 10.1 Å². The van der Waals surface area contributed by atoms with Crippen LogP contribution in [0.5, 0.6) is 6.01 Å². The van der Waals surface area contributed by atoms with Gasteiger partial charge in [0.2, 0.25) is 5.91 Å². The molecule has 198 valence electrons. The molecule has 0 aliphatic carbocycles. The number of carbonyl (C=O) groups excluding carboxylic acids is 1. The summed E-state index contributed by atoms with van der Waals surface area (Å²) in [7, 11) is 1.41. The molecule has 0 spiro atoms. The van der Waals surface area contributed by atoms with Crippen molar-refractivity contribution in [3.63, 3.8) is 0 Å². The van der Waals surface area contributed by atoms with Crippen LogP contribution in [-0.2, 0) is 11.2 Å². The third-order valence-corrected chi connectivity index (χ3v) is 6.84. The minimum absolute atomic E-state index is 0.0149. The number of pyridine rings is 2. The summed E-state index contributed by atoms with van der Waals surface area (Å²) in [5, 5.41) is 8.13. The van der Waals surface area contributed by atoms with Gasteiger partial charge >= 0.3 is 6.01 Å². The first-order valence-electron chi connectivity index (χ1n) is 12.8. The van der Waals surface area contributed by atoms with E-state index in [-0.39, 0.29) is 23.7 Å². The van der Waals surface area contributed by atoms with Crippen molar-refractivity contribution in [3.05, 3.63) is 59.4 Å². The molecule has 1 amide bonds. The summed E-state index contributed by atoms with van der Waals surface area (Å²) in [6.07, 6.45) is 5.33. The van der Waals surface area contributed by atoms with Gasteiger partial charge in [0.1, 0.15) is 5.82 Å².